The van der Waals surface area contributed by atoms with Crippen LogP contribution in [0.1, 0.15) is 11.1 Å². The zero-order valence-corrected chi connectivity index (χ0v) is 11.9. The molecule has 0 saturated heterocycles. The molecule has 0 spiro atoms. The molecule has 3 rings (SSSR count). The fourth-order valence-corrected chi connectivity index (χ4v) is 2.27. The number of phenols is 1. The first-order valence-electron chi connectivity index (χ1n) is 6.78. The van der Waals surface area contributed by atoms with Gasteiger partial charge in [0.2, 0.25) is 0 Å². The van der Waals surface area contributed by atoms with Crippen LogP contribution in [-0.2, 0) is 6.42 Å². The van der Waals surface area contributed by atoms with Crippen molar-refractivity contribution in [3.05, 3.63) is 52.9 Å². The number of fused-ring (bicyclic) bond motifs is 1. The van der Waals surface area contributed by atoms with Gasteiger partial charge in [0, 0.05) is 6.61 Å². The number of phenolic OH excluding ortho intramolecular Hbond substituents is 1. The summed E-state index contributed by atoms with van der Waals surface area (Å²) >= 11 is 0. The van der Waals surface area contributed by atoms with Crippen LogP contribution in [0, 0.1) is 17.9 Å². The van der Waals surface area contributed by atoms with E-state index in [0.717, 1.165) is 0 Å². The van der Waals surface area contributed by atoms with Crippen LogP contribution in [0.25, 0.3) is 21.6 Å². The molecule has 0 aliphatic heterocycles. The molecule has 23 heavy (non-hydrogen) atoms. The van der Waals surface area contributed by atoms with Gasteiger partial charge >= 0.3 is 0 Å². The molecule has 7 heteroatoms. The predicted octanol–water partition coefficient (Wildman–Crippen LogP) is 2.08. The van der Waals surface area contributed by atoms with E-state index in [1.807, 2.05) is 6.07 Å². The Labute approximate surface area is 131 Å². The van der Waals surface area contributed by atoms with Crippen molar-refractivity contribution in [3.63, 3.8) is 0 Å². The Morgan fingerprint density at radius 2 is 2.00 bits per heavy atom. The number of aromatic nitrogens is 3. The minimum Gasteiger partial charge on any atom is -0.504 e. The largest absolute Gasteiger partial charge is 0.504 e. The maximum Gasteiger partial charge on any atom is 0.189 e. The van der Waals surface area contributed by atoms with Crippen LogP contribution in [0.15, 0.2) is 30.3 Å². The lowest BCUT2D eigenvalue weighted by Crippen LogP contribution is -2.02. The fraction of sp³-hybridized carbons (Fsp3) is 0.125. The molecule has 1 aromatic heterocycles. The molecule has 0 atom stereocenters. The molecule has 2 N–H and O–H groups in total. The monoisotopic (exact) mass is 305 g/mol. The molecule has 0 saturated carbocycles. The molecule has 1 heterocycles. The molecule has 0 unspecified atom stereocenters. The second-order valence-electron chi connectivity index (χ2n) is 4.87. The van der Waals surface area contributed by atoms with Gasteiger partial charge in [0.25, 0.3) is 0 Å². The van der Waals surface area contributed by atoms with Gasteiger partial charge in [-0.3, -0.25) is 0 Å². The fourth-order valence-electron chi connectivity index (χ4n) is 2.27. The van der Waals surface area contributed by atoms with Gasteiger partial charge in [0.1, 0.15) is 22.8 Å². The highest BCUT2D eigenvalue weighted by Gasteiger charge is 2.14. The Kier molecular flexibility index (Phi) is 3.63. The van der Waals surface area contributed by atoms with Crippen LogP contribution >= 0.6 is 0 Å². The van der Waals surface area contributed by atoms with Crippen LogP contribution in [0.2, 0.25) is 0 Å². The first kappa shape index (κ1) is 14.5. The first-order valence-corrected chi connectivity index (χ1v) is 6.78. The van der Waals surface area contributed by atoms with Crippen molar-refractivity contribution < 1.29 is 10.2 Å². The number of benzene rings is 2. The predicted molar refractivity (Wildman–Crippen MR) is 82.3 cm³/mol. The molecule has 0 bridgehead atoms. The van der Waals surface area contributed by atoms with Gasteiger partial charge in [-0.15, -0.1) is 15.0 Å². The summed E-state index contributed by atoms with van der Waals surface area (Å²) in [5.74, 6) is -0.222. The number of nitriles is 1. The highest BCUT2D eigenvalue weighted by Crippen LogP contribution is 2.28. The van der Waals surface area contributed by atoms with Crippen molar-refractivity contribution in [2.75, 3.05) is 6.61 Å². The summed E-state index contributed by atoms with van der Waals surface area (Å²) in [7, 11) is 0. The van der Waals surface area contributed by atoms with E-state index >= 15 is 0 Å². The second-order valence-corrected chi connectivity index (χ2v) is 4.87. The standard InChI is InChI=1S/C16H11N5O2/c1-18-12-2-3-13-14(8-12)20-21(19-13)15-7-10(4-5-22)6-11(9-17)16(15)23/h2-3,6-8,22-23H,4-5H2. The molecular formula is C16H11N5O2. The highest BCUT2D eigenvalue weighted by atomic mass is 16.3. The second kappa shape index (κ2) is 5.76. The molecule has 0 amide bonds. The topological polar surface area (TPSA) is 99.3 Å². The van der Waals surface area contributed by atoms with E-state index < -0.39 is 0 Å². The molecule has 7 nitrogen and oxygen atoms in total. The summed E-state index contributed by atoms with van der Waals surface area (Å²) in [4.78, 5) is 4.57. The number of hydrogen-bond acceptors (Lipinski definition) is 5. The Balaban J connectivity index is 2.19. The first-order chi connectivity index (χ1) is 11.2. The summed E-state index contributed by atoms with van der Waals surface area (Å²) in [5, 5.41) is 37.0. The van der Waals surface area contributed by atoms with E-state index in [0.29, 0.717) is 28.7 Å². The van der Waals surface area contributed by atoms with E-state index in [4.69, 9.17) is 16.9 Å². The van der Waals surface area contributed by atoms with Crippen molar-refractivity contribution in [2.24, 2.45) is 0 Å². The van der Waals surface area contributed by atoms with Crippen LogP contribution in [-0.4, -0.2) is 31.8 Å². The van der Waals surface area contributed by atoms with Crippen molar-refractivity contribution in [1.29, 1.82) is 5.26 Å². The van der Waals surface area contributed by atoms with Gasteiger partial charge in [-0.05, 0) is 36.2 Å². The van der Waals surface area contributed by atoms with Crippen LogP contribution < -0.4 is 0 Å². The number of nitrogens with zero attached hydrogens (tertiary/aromatic N) is 5. The number of aliphatic hydroxyl groups excluding tert-OH is 1. The summed E-state index contributed by atoms with van der Waals surface area (Å²) in [5.41, 5.74) is 2.58. The average Bonchev–Trinajstić information content (AvgIpc) is 2.99. The van der Waals surface area contributed by atoms with Crippen LogP contribution in [0.5, 0.6) is 5.75 Å². The Morgan fingerprint density at radius 1 is 1.22 bits per heavy atom. The third kappa shape index (κ3) is 2.57. The molecule has 0 aliphatic rings. The smallest absolute Gasteiger partial charge is 0.189 e. The zero-order valence-electron chi connectivity index (χ0n) is 11.9. The minimum atomic E-state index is -0.222. The molecule has 112 valence electrons. The maximum absolute atomic E-state index is 10.2. The van der Waals surface area contributed by atoms with Gasteiger partial charge < -0.3 is 10.2 Å². The lowest BCUT2D eigenvalue weighted by molar-refractivity contribution is 0.299. The van der Waals surface area contributed by atoms with Crippen molar-refractivity contribution in [3.8, 4) is 17.5 Å². The summed E-state index contributed by atoms with van der Waals surface area (Å²) < 4.78 is 0. The molecule has 0 radical (unpaired) electrons. The lowest BCUT2D eigenvalue weighted by Gasteiger charge is -2.08. The molecule has 0 aliphatic carbocycles. The lowest BCUT2D eigenvalue weighted by atomic mass is 10.1. The average molecular weight is 305 g/mol. The van der Waals surface area contributed by atoms with Gasteiger partial charge in [0.15, 0.2) is 11.4 Å². The van der Waals surface area contributed by atoms with E-state index in [9.17, 15) is 5.11 Å². The van der Waals surface area contributed by atoms with Crippen LogP contribution in [0.4, 0.5) is 5.69 Å². The summed E-state index contributed by atoms with van der Waals surface area (Å²) in [6.45, 7) is 6.95. The van der Waals surface area contributed by atoms with E-state index in [1.54, 1.807) is 24.3 Å². The Morgan fingerprint density at radius 3 is 2.70 bits per heavy atom. The summed E-state index contributed by atoms with van der Waals surface area (Å²) in [6.07, 6.45) is 0.352. The highest BCUT2D eigenvalue weighted by molar-refractivity contribution is 5.78. The van der Waals surface area contributed by atoms with Crippen molar-refractivity contribution in [1.82, 2.24) is 15.0 Å². The van der Waals surface area contributed by atoms with Crippen LogP contribution in [0.3, 0.4) is 0 Å². The quantitative estimate of drug-likeness (QED) is 0.722. The maximum atomic E-state index is 10.2. The number of aromatic hydroxyl groups is 1. The van der Waals surface area contributed by atoms with Gasteiger partial charge in [-0.2, -0.15) is 5.26 Å². The zero-order chi connectivity index (χ0) is 16.4. The Hall–Kier alpha value is -3.42. The SMILES string of the molecule is [C-]#[N+]c1ccc2nn(-c3cc(CCO)cc(C#N)c3O)nc2c1. The van der Waals surface area contributed by atoms with Crippen molar-refractivity contribution >= 4 is 16.7 Å². The van der Waals surface area contributed by atoms with E-state index in [2.05, 4.69) is 15.0 Å². The molecular weight excluding hydrogens is 294 g/mol. The van der Waals surface area contributed by atoms with Gasteiger partial charge in [0.05, 0.1) is 12.1 Å². The number of rotatable bonds is 3. The number of aliphatic hydroxyl groups is 1. The normalized spacial score (nSPS) is 10.4. The number of hydrogen-bond donors (Lipinski definition) is 2. The van der Waals surface area contributed by atoms with Crippen molar-refractivity contribution in [2.45, 2.75) is 6.42 Å². The minimum absolute atomic E-state index is 0.0715. The van der Waals surface area contributed by atoms with E-state index in [-0.39, 0.29) is 23.6 Å². The summed E-state index contributed by atoms with van der Waals surface area (Å²) in [6, 6.07) is 9.98. The Bertz CT molecular complexity index is 979. The third-order valence-corrected chi connectivity index (χ3v) is 3.38. The molecule has 3 aromatic rings. The van der Waals surface area contributed by atoms with Gasteiger partial charge in [-0.25, -0.2) is 4.85 Å². The molecule has 0 fully saturated rings. The molecule has 2 aromatic carbocycles. The third-order valence-electron chi connectivity index (χ3n) is 3.38. The van der Waals surface area contributed by atoms with E-state index in [1.165, 1.54) is 10.9 Å². The van der Waals surface area contributed by atoms with Gasteiger partial charge in [-0.1, -0.05) is 6.07 Å².